The van der Waals surface area contributed by atoms with E-state index in [1.807, 2.05) is 48.5 Å². The van der Waals surface area contributed by atoms with Gasteiger partial charge in [-0.3, -0.25) is 33.8 Å². The average molecular weight is 1360 g/mol. The molecule has 4 amide bonds. The van der Waals surface area contributed by atoms with Crippen LogP contribution in [0.25, 0.3) is 111 Å². The SMILES string of the molecule is CCCCCCCCC(CCCCCCCC)N1C(=O)c2ccc3c4ccc5c6c(ccc(c7ccc(c2c37)C1=O)c64)C(=O)N(CCCCCOC(=O)CCCCCn1c2ccccc2c2cc(/C=C/c3ccc(/C=C/c4ccc6c(c4)c4ccccc4n6CCCCCC)cc3)ccc21)C5=O. The summed E-state index contributed by atoms with van der Waals surface area (Å²) < 4.78 is 10.6. The van der Waals surface area contributed by atoms with Gasteiger partial charge < -0.3 is 13.9 Å². The fourth-order valence-corrected chi connectivity index (χ4v) is 16.7. The first-order chi connectivity index (χ1) is 50.1. The lowest BCUT2D eigenvalue weighted by Crippen LogP contribution is -2.47. The maximum absolute atomic E-state index is 14.8. The number of nitrogens with zero attached hydrogens (tertiary/aromatic N) is 4. The molecule has 2 aliphatic heterocycles. The van der Waals surface area contributed by atoms with Gasteiger partial charge in [-0.2, -0.15) is 0 Å². The zero-order valence-corrected chi connectivity index (χ0v) is 60.1. The van der Waals surface area contributed by atoms with Crippen molar-refractivity contribution in [2.75, 3.05) is 13.2 Å². The Kier molecular flexibility index (Phi) is 21.9. The molecule has 14 rings (SSSR count). The maximum atomic E-state index is 14.8. The summed E-state index contributed by atoms with van der Waals surface area (Å²) in [5.74, 6) is -1.25. The number of carbonyl (C=O) groups excluding carboxylic acids is 5. The molecule has 0 atom stereocenters. The Bertz CT molecular complexity index is 5000. The summed E-state index contributed by atoms with van der Waals surface area (Å²) in [5.41, 5.74) is 11.8. The van der Waals surface area contributed by atoms with Crippen molar-refractivity contribution in [1.82, 2.24) is 18.9 Å². The molecule has 2 aliphatic rings. The van der Waals surface area contributed by atoms with Crippen molar-refractivity contribution in [1.29, 1.82) is 0 Å². The smallest absolute Gasteiger partial charge is 0.305 e. The molecule has 10 heteroatoms. The summed E-state index contributed by atoms with van der Waals surface area (Å²) in [4.78, 5) is 74.3. The second-order valence-corrected chi connectivity index (χ2v) is 29.0. The first kappa shape index (κ1) is 69.4. The van der Waals surface area contributed by atoms with E-state index < -0.39 is 0 Å². The second kappa shape index (κ2) is 32.1. The molecule has 0 N–H and O–H groups in total. The fourth-order valence-electron chi connectivity index (χ4n) is 16.7. The van der Waals surface area contributed by atoms with E-state index in [2.05, 4.69) is 163 Å². The Balaban J connectivity index is 0.546. The first-order valence-corrected chi connectivity index (χ1v) is 38.7. The number of benzene rings is 10. The van der Waals surface area contributed by atoms with Crippen LogP contribution in [-0.4, -0.2) is 67.7 Å². The van der Waals surface area contributed by atoms with Crippen molar-refractivity contribution >= 4 is 141 Å². The van der Waals surface area contributed by atoms with E-state index in [0.717, 1.165) is 120 Å². The highest BCUT2D eigenvalue weighted by Gasteiger charge is 2.39. The number of carbonyl (C=O) groups is 5. The van der Waals surface area contributed by atoms with Crippen LogP contribution in [-0.2, 0) is 22.6 Å². The van der Waals surface area contributed by atoms with Gasteiger partial charge in [0.15, 0.2) is 0 Å². The summed E-state index contributed by atoms with van der Waals surface area (Å²) >= 11 is 0. The minimum absolute atomic E-state index is 0.148. The molecule has 12 aromatic rings. The molecule has 0 unspecified atom stereocenters. The topological polar surface area (TPSA) is 111 Å². The van der Waals surface area contributed by atoms with Crippen molar-refractivity contribution in [2.24, 2.45) is 0 Å². The van der Waals surface area contributed by atoms with E-state index in [9.17, 15) is 24.0 Å². The number of unbranched alkanes of at least 4 members (excludes halogenated alkanes) is 17. The van der Waals surface area contributed by atoms with Crippen LogP contribution in [0.2, 0.25) is 0 Å². The predicted molar refractivity (Wildman–Crippen MR) is 424 cm³/mol. The number of imide groups is 2. The monoisotopic (exact) mass is 1350 g/mol. The largest absolute Gasteiger partial charge is 0.466 e. The highest BCUT2D eigenvalue weighted by atomic mass is 16.5. The van der Waals surface area contributed by atoms with Gasteiger partial charge in [-0.15, -0.1) is 0 Å². The molecular formula is C92H98N4O6. The molecule has 0 saturated carbocycles. The van der Waals surface area contributed by atoms with Gasteiger partial charge >= 0.3 is 5.97 Å². The zero-order valence-electron chi connectivity index (χ0n) is 60.1. The maximum Gasteiger partial charge on any atom is 0.305 e. The lowest BCUT2D eigenvalue weighted by molar-refractivity contribution is -0.143. The molecule has 4 heterocycles. The van der Waals surface area contributed by atoms with Crippen LogP contribution < -0.4 is 0 Å². The van der Waals surface area contributed by atoms with E-state index >= 15 is 0 Å². The van der Waals surface area contributed by atoms with Gasteiger partial charge in [-0.1, -0.05) is 245 Å². The van der Waals surface area contributed by atoms with E-state index in [4.69, 9.17) is 4.74 Å². The number of fused-ring (bicyclic) bond motifs is 8. The molecule has 0 radical (unpaired) electrons. The summed E-state index contributed by atoms with van der Waals surface area (Å²) in [5, 5.41) is 11.7. The van der Waals surface area contributed by atoms with Gasteiger partial charge in [0.1, 0.15) is 0 Å². The number of aryl methyl sites for hydroxylation is 2. The molecule has 2 aromatic heterocycles. The summed E-state index contributed by atoms with van der Waals surface area (Å²) in [6.07, 6.45) is 34.1. The summed E-state index contributed by atoms with van der Waals surface area (Å²) in [6, 6.07) is 55.1. The summed E-state index contributed by atoms with van der Waals surface area (Å²) in [6.45, 7) is 9.17. The van der Waals surface area contributed by atoms with E-state index in [1.165, 1.54) is 131 Å². The molecule has 0 aliphatic carbocycles. The van der Waals surface area contributed by atoms with Gasteiger partial charge in [0.05, 0.1) is 6.61 Å². The number of esters is 1. The van der Waals surface area contributed by atoms with Crippen LogP contribution in [0.3, 0.4) is 0 Å². The number of hydrogen-bond donors (Lipinski definition) is 0. The molecule has 0 saturated heterocycles. The van der Waals surface area contributed by atoms with Gasteiger partial charge in [0, 0.05) is 109 Å². The van der Waals surface area contributed by atoms with Crippen LogP contribution in [0.5, 0.6) is 0 Å². The van der Waals surface area contributed by atoms with E-state index in [1.54, 1.807) is 4.90 Å². The van der Waals surface area contributed by atoms with Crippen molar-refractivity contribution in [3.63, 3.8) is 0 Å². The number of ether oxygens (including phenoxy) is 1. The highest BCUT2D eigenvalue weighted by Crippen LogP contribution is 2.47. The highest BCUT2D eigenvalue weighted by molar-refractivity contribution is 6.41. The van der Waals surface area contributed by atoms with Crippen LogP contribution in [0.1, 0.15) is 245 Å². The number of rotatable bonds is 36. The number of aromatic nitrogens is 2. The van der Waals surface area contributed by atoms with Crippen molar-refractivity contribution in [3.05, 3.63) is 202 Å². The average Bonchev–Trinajstić information content (AvgIpc) is 0.913. The van der Waals surface area contributed by atoms with Crippen LogP contribution in [0, 0.1) is 0 Å². The molecule has 0 bridgehead atoms. The third-order valence-corrected chi connectivity index (χ3v) is 22.2. The Morgan fingerprint density at radius 2 is 0.716 bits per heavy atom. The molecule has 10 nitrogen and oxygen atoms in total. The zero-order chi connectivity index (χ0) is 70.1. The Labute approximate surface area is 600 Å². The standard InChI is InChI=1S/C92H98N4O6/c1-4-7-10-13-15-19-30-67(31-20-16-14-11-8-5-2)96-91(100)76-53-49-72-70-47-51-74-87-75(52-48-71(85(70)87)73-50-54-77(92(96)101)88(76)86(72)73)90(99)95(89(74)98)59-28-18-29-60-102-84(97)36-21-17-27-58-94-81-35-25-23-33-69(81)79-62-66(46-56-83(79)94)44-42-64-39-37-63(38-40-64)41-43-65-45-55-82-78(61-65)68-32-22-24-34-80(68)93(82)57-26-12-9-6-3/h22-25,32-35,37-56,61-62,67H,4-21,26-31,36,57-60H2,1-3H3/b43-41+,44-42+. The van der Waals surface area contributed by atoms with Gasteiger partial charge in [-0.05, 0) is 167 Å². The van der Waals surface area contributed by atoms with E-state index in [-0.39, 0.29) is 42.2 Å². The van der Waals surface area contributed by atoms with Crippen LogP contribution in [0.4, 0.5) is 0 Å². The molecular weight excluding hydrogens is 1260 g/mol. The van der Waals surface area contributed by atoms with E-state index in [0.29, 0.717) is 65.3 Å². The number of amides is 4. The van der Waals surface area contributed by atoms with Crippen molar-refractivity contribution in [2.45, 2.75) is 200 Å². The third-order valence-electron chi connectivity index (χ3n) is 22.2. The fraction of sp³-hybridized carbons (Fsp3) is 0.359. The number of hydrogen-bond acceptors (Lipinski definition) is 6. The molecule has 10 aromatic carbocycles. The molecule has 0 spiro atoms. The van der Waals surface area contributed by atoms with Crippen molar-refractivity contribution < 1.29 is 28.7 Å². The van der Waals surface area contributed by atoms with Gasteiger partial charge in [-0.25, -0.2) is 0 Å². The Hall–Kier alpha value is -9.67. The van der Waals surface area contributed by atoms with Crippen molar-refractivity contribution in [3.8, 4) is 0 Å². The summed E-state index contributed by atoms with van der Waals surface area (Å²) in [7, 11) is 0. The second-order valence-electron chi connectivity index (χ2n) is 29.0. The normalized spacial score (nSPS) is 13.5. The molecule has 522 valence electrons. The van der Waals surface area contributed by atoms with Gasteiger partial charge in [0.2, 0.25) is 0 Å². The van der Waals surface area contributed by atoms with Crippen LogP contribution in [0.15, 0.2) is 158 Å². The third kappa shape index (κ3) is 14.2. The van der Waals surface area contributed by atoms with Crippen LogP contribution >= 0.6 is 0 Å². The lowest BCUT2D eigenvalue weighted by atomic mass is 9.82. The lowest BCUT2D eigenvalue weighted by Gasteiger charge is -2.35. The minimum Gasteiger partial charge on any atom is -0.466 e. The predicted octanol–water partition coefficient (Wildman–Crippen LogP) is 23.9. The Morgan fingerprint density at radius 3 is 1.19 bits per heavy atom. The Morgan fingerprint density at radius 1 is 0.343 bits per heavy atom. The van der Waals surface area contributed by atoms with Gasteiger partial charge in [0.25, 0.3) is 23.6 Å². The first-order valence-electron chi connectivity index (χ1n) is 38.7. The quantitative estimate of drug-likeness (QED) is 0.00966. The minimum atomic E-state index is -0.317. The number of para-hydroxylation sites is 2. The molecule has 102 heavy (non-hydrogen) atoms. The molecule has 0 fully saturated rings.